The van der Waals surface area contributed by atoms with Gasteiger partial charge in [0.1, 0.15) is 11.5 Å². The topological polar surface area (TPSA) is 46.3 Å². The van der Waals surface area contributed by atoms with E-state index in [1.54, 1.807) is 35.6 Å². The standard InChI is InChI=1S/C18H16N2O2/c1-14-7-9-15(10-8-14)20(13-16-5-4-12-22-16)18(21)17-6-2-3-11-19-17/h2-12H,13H2,1H3. The van der Waals surface area contributed by atoms with Crippen LogP contribution in [0.4, 0.5) is 5.69 Å². The zero-order valence-corrected chi connectivity index (χ0v) is 12.3. The molecule has 0 saturated carbocycles. The minimum Gasteiger partial charge on any atom is -0.467 e. The average Bonchev–Trinajstić information content (AvgIpc) is 3.07. The van der Waals surface area contributed by atoms with Gasteiger partial charge in [-0.25, -0.2) is 0 Å². The summed E-state index contributed by atoms with van der Waals surface area (Å²) in [4.78, 5) is 18.6. The first-order chi connectivity index (χ1) is 10.7. The third kappa shape index (κ3) is 3.06. The van der Waals surface area contributed by atoms with Crippen molar-refractivity contribution in [2.24, 2.45) is 0 Å². The number of rotatable bonds is 4. The second kappa shape index (κ2) is 6.26. The smallest absolute Gasteiger partial charge is 0.277 e. The molecule has 0 fully saturated rings. The third-order valence-corrected chi connectivity index (χ3v) is 3.37. The van der Waals surface area contributed by atoms with E-state index >= 15 is 0 Å². The number of nitrogens with zero attached hydrogens (tertiary/aromatic N) is 2. The van der Waals surface area contributed by atoms with Gasteiger partial charge in [0.2, 0.25) is 0 Å². The first kappa shape index (κ1) is 14.1. The van der Waals surface area contributed by atoms with E-state index in [-0.39, 0.29) is 5.91 Å². The van der Waals surface area contributed by atoms with E-state index in [4.69, 9.17) is 4.42 Å². The Kier molecular flexibility index (Phi) is 4.01. The SMILES string of the molecule is Cc1ccc(N(Cc2ccco2)C(=O)c2ccccn2)cc1. The second-order valence-corrected chi connectivity index (χ2v) is 5.02. The molecule has 4 nitrogen and oxygen atoms in total. The Bertz CT molecular complexity index is 735. The summed E-state index contributed by atoms with van der Waals surface area (Å²) in [6.45, 7) is 2.38. The summed E-state index contributed by atoms with van der Waals surface area (Å²) in [6.07, 6.45) is 3.22. The van der Waals surface area contributed by atoms with Crippen molar-refractivity contribution in [3.8, 4) is 0 Å². The molecule has 1 amide bonds. The average molecular weight is 292 g/mol. The highest BCUT2D eigenvalue weighted by molar-refractivity contribution is 6.04. The number of hydrogen-bond donors (Lipinski definition) is 0. The fourth-order valence-electron chi connectivity index (χ4n) is 2.19. The summed E-state index contributed by atoms with van der Waals surface area (Å²) in [5.74, 6) is 0.575. The van der Waals surface area contributed by atoms with Gasteiger partial charge in [0.25, 0.3) is 5.91 Å². The molecule has 0 atom stereocenters. The predicted octanol–water partition coefficient (Wildman–Crippen LogP) is 3.83. The van der Waals surface area contributed by atoms with Crippen molar-refractivity contribution in [3.63, 3.8) is 0 Å². The number of anilines is 1. The zero-order chi connectivity index (χ0) is 15.4. The molecule has 0 aliphatic rings. The van der Waals surface area contributed by atoms with Crippen LogP contribution in [0, 0.1) is 6.92 Å². The van der Waals surface area contributed by atoms with E-state index in [2.05, 4.69) is 4.98 Å². The van der Waals surface area contributed by atoms with E-state index in [1.165, 1.54) is 0 Å². The van der Waals surface area contributed by atoms with Gasteiger partial charge >= 0.3 is 0 Å². The maximum atomic E-state index is 12.8. The highest BCUT2D eigenvalue weighted by Crippen LogP contribution is 2.20. The molecule has 22 heavy (non-hydrogen) atoms. The number of carbonyl (C=O) groups is 1. The summed E-state index contributed by atoms with van der Waals surface area (Å²) >= 11 is 0. The van der Waals surface area contributed by atoms with E-state index in [9.17, 15) is 4.79 Å². The Morgan fingerprint density at radius 1 is 1.09 bits per heavy atom. The van der Waals surface area contributed by atoms with Crippen LogP contribution in [0.1, 0.15) is 21.8 Å². The predicted molar refractivity (Wildman–Crippen MR) is 84.6 cm³/mol. The first-order valence-electron chi connectivity index (χ1n) is 7.06. The van der Waals surface area contributed by atoms with Crippen LogP contribution in [0.5, 0.6) is 0 Å². The Morgan fingerprint density at radius 2 is 1.91 bits per heavy atom. The van der Waals surface area contributed by atoms with Gasteiger partial charge in [0, 0.05) is 11.9 Å². The number of carbonyl (C=O) groups excluding carboxylic acids is 1. The summed E-state index contributed by atoms with van der Waals surface area (Å²) in [5, 5.41) is 0. The number of aryl methyl sites for hydroxylation is 1. The Morgan fingerprint density at radius 3 is 2.55 bits per heavy atom. The van der Waals surface area contributed by atoms with E-state index in [1.807, 2.05) is 43.3 Å². The highest BCUT2D eigenvalue weighted by Gasteiger charge is 2.20. The lowest BCUT2D eigenvalue weighted by atomic mass is 10.2. The zero-order valence-electron chi connectivity index (χ0n) is 12.3. The molecule has 0 saturated heterocycles. The molecule has 4 heteroatoms. The van der Waals surface area contributed by atoms with Crippen molar-refractivity contribution in [2.75, 3.05) is 4.90 Å². The Hall–Kier alpha value is -2.88. The number of furan rings is 1. The lowest BCUT2D eigenvalue weighted by Gasteiger charge is -2.21. The molecular formula is C18H16N2O2. The molecule has 0 N–H and O–H groups in total. The van der Waals surface area contributed by atoms with Crippen LogP contribution in [0.25, 0.3) is 0 Å². The van der Waals surface area contributed by atoms with Crippen molar-refractivity contribution < 1.29 is 9.21 Å². The lowest BCUT2D eigenvalue weighted by molar-refractivity contribution is 0.0978. The Labute approximate surface area is 129 Å². The first-order valence-corrected chi connectivity index (χ1v) is 7.06. The molecular weight excluding hydrogens is 276 g/mol. The van der Waals surface area contributed by atoms with Crippen molar-refractivity contribution in [2.45, 2.75) is 13.5 Å². The highest BCUT2D eigenvalue weighted by atomic mass is 16.3. The van der Waals surface area contributed by atoms with Gasteiger partial charge in [-0.05, 0) is 43.3 Å². The largest absolute Gasteiger partial charge is 0.467 e. The van der Waals surface area contributed by atoms with Crippen LogP contribution < -0.4 is 4.90 Å². The van der Waals surface area contributed by atoms with Crippen LogP contribution >= 0.6 is 0 Å². The Balaban J connectivity index is 1.95. The minimum atomic E-state index is -0.152. The number of hydrogen-bond acceptors (Lipinski definition) is 3. The molecule has 3 aromatic rings. The molecule has 2 heterocycles. The maximum Gasteiger partial charge on any atom is 0.277 e. The van der Waals surface area contributed by atoms with Gasteiger partial charge in [-0.2, -0.15) is 0 Å². The van der Waals surface area contributed by atoms with Crippen LogP contribution in [-0.2, 0) is 6.54 Å². The van der Waals surface area contributed by atoms with Gasteiger partial charge in [0.05, 0.1) is 12.8 Å². The number of amides is 1. The van der Waals surface area contributed by atoms with Crippen molar-refractivity contribution in [1.82, 2.24) is 4.98 Å². The van der Waals surface area contributed by atoms with Gasteiger partial charge < -0.3 is 4.42 Å². The van der Waals surface area contributed by atoms with Crippen molar-refractivity contribution >= 4 is 11.6 Å². The molecule has 2 aromatic heterocycles. The van der Waals surface area contributed by atoms with Crippen LogP contribution in [-0.4, -0.2) is 10.9 Å². The van der Waals surface area contributed by atoms with Gasteiger partial charge in [-0.15, -0.1) is 0 Å². The molecule has 3 rings (SSSR count). The van der Waals surface area contributed by atoms with Gasteiger partial charge in [-0.3, -0.25) is 14.7 Å². The monoisotopic (exact) mass is 292 g/mol. The molecule has 0 unspecified atom stereocenters. The summed E-state index contributed by atoms with van der Waals surface area (Å²) < 4.78 is 5.38. The molecule has 0 aliphatic heterocycles. The van der Waals surface area contributed by atoms with Gasteiger partial charge in [-0.1, -0.05) is 23.8 Å². The molecule has 0 spiro atoms. The number of benzene rings is 1. The van der Waals surface area contributed by atoms with E-state index in [0.29, 0.717) is 12.2 Å². The quantitative estimate of drug-likeness (QED) is 0.734. The molecule has 1 aromatic carbocycles. The molecule has 0 radical (unpaired) electrons. The second-order valence-electron chi connectivity index (χ2n) is 5.02. The van der Waals surface area contributed by atoms with E-state index < -0.39 is 0 Å². The summed E-state index contributed by atoms with van der Waals surface area (Å²) in [7, 11) is 0. The van der Waals surface area contributed by atoms with Gasteiger partial charge in [0.15, 0.2) is 0 Å². The molecule has 110 valence electrons. The fraction of sp³-hybridized carbons (Fsp3) is 0.111. The normalized spacial score (nSPS) is 10.4. The maximum absolute atomic E-state index is 12.8. The number of pyridine rings is 1. The summed E-state index contributed by atoms with van der Waals surface area (Å²) in [6, 6.07) is 16.8. The summed E-state index contributed by atoms with van der Waals surface area (Å²) in [5.41, 5.74) is 2.37. The van der Waals surface area contributed by atoms with Crippen LogP contribution in [0.2, 0.25) is 0 Å². The third-order valence-electron chi connectivity index (χ3n) is 3.37. The number of aromatic nitrogens is 1. The van der Waals surface area contributed by atoms with Crippen LogP contribution in [0.15, 0.2) is 71.5 Å². The lowest BCUT2D eigenvalue weighted by Crippen LogP contribution is -2.30. The van der Waals surface area contributed by atoms with E-state index in [0.717, 1.165) is 17.0 Å². The molecule has 0 aliphatic carbocycles. The fourth-order valence-corrected chi connectivity index (χ4v) is 2.19. The molecule has 0 bridgehead atoms. The van der Waals surface area contributed by atoms with Crippen LogP contribution in [0.3, 0.4) is 0 Å². The minimum absolute atomic E-state index is 0.152. The van der Waals surface area contributed by atoms with Crippen molar-refractivity contribution in [1.29, 1.82) is 0 Å². The van der Waals surface area contributed by atoms with Crippen molar-refractivity contribution in [3.05, 3.63) is 84.1 Å².